The van der Waals surface area contributed by atoms with Gasteiger partial charge in [-0.2, -0.15) is 0 Å². The van der Waals surface area contributed by atoms with Crippen LogP contribution in [0.1, 0.15) is 22.5 Å². The summed E-state index contributed by atoms with van der Waals surface area (Å²) in [5.74, 6) is 0. The third-order valence-electron chi connectivity index (χ3n) is 4.58. The maximum Gasteiger partial charge on any atom is 0.319 e. The van der Waals surface area contributed by atoms with Crippen LogP contribution in [0, 0.1) is 13.8 Å². The van der Waals surface area contributed by atoms with Gasteiger partial charge in [-0.25, -0.2) is 9.59 Å². The maximum absolute atomic E-state index is 12.3. The Morgan fingerprint density at radius 1 is 0.750 bits per heavy atom. The van der Waals surface area contributed by atoms with E-state index < -0.39 is 12.1 Å². The highest BCUT2D eigenvalue weighted by Crippen LogP contribution is 2.22. The van der Waals surface area contributed by atoms with Crippen molar-refractivity contribution in [2.75, 3.05) is 10.6 Å². The number of rotatable bonds is 6. The molecule has 0 atom stereocenters. The van der Waals surface area contributed by atoms with E-state index in [1.54, 1.807) is 44.2 Å². The van der Waals surface area contributed by atoms with Crippen molar-refractivity contribution in [1.82, 2.24) is 15.6 Å². The van der Waals surface area contributed by atoms with Gasteiger partial charge in [0, 0.05) is 23.1 Å². The molecule has 1 aromatic heterocycles. The van der Waals surface area contributed by atoms with Gasteiger partial charge in [-0.05, 0) is 55.3 Å². The normalized spacial score (nSPS) is 10.4. The molecule has 3 rings (SSSR count). The Hall–Kier alpha value is -3.29. The van der Waals surface area contributed by atoms with E-state index in [-0.39, 0.29) is 0 Å². The average Bonchev–Trinajstić information content (AvgIpc) is 2.74. The number of carbonyl (C=O) groups excluding carboxylic acids is 2. The first-order valence-corrected chi connectivity index (χ1v) is 10.6. The fraction of sp³-hybridized carbons (Fsp3) is 0.174. The molecule has 0 aliphatic rings. The number of hydrogen-bond acceptors (Lipinski definition) is 3. The highest BCUT2D eigenvalue weighted by atomic mass is 35.5. The molecule has 0 saturated heterocycles. The molecule has 0 aliphatic carbocycles. The number of aromatic nitrogens is 1. The van der Waals surface area contributed by atoms with Crippen molar-refractivity contribution in [2.24, 2.45) is 0 Å². The fourth-order valence-corrected chi connectivity index (χ4v) is 3.40. The smallest absolute Gasteiger partial charge is 0.319 e. The quantitative estimate of drug-likeness (QED) is 0.374. The Morgan fingerprint density at radius 2 is 1.19 bits per heavy atom. The van der Waals surface area contributed by atoms with Gasteiger partial charge >= 0.3 is 12.1 Å². The molecule has 0 spiro atoms. The van der Waals surface area contributed by atoms with Gasteiger partial charge in [-0.15, -0.1) is 0 Å². The molecule has 9 heteroatoms. The summed E-state index contributed by atoms with van der Waals surface area (Å²) < 4.78 is 0. The number of anilines is 2. The van der Waals surface area contributed by atoms with Crippen LogP contribution in [0.2, 0.25) is 10.0 Å². The zero-order chi connectivity index (χ0) is 23.1. The third-order valence-corrected chi connectivity index (χ3v) is 5.05. The summed E-state index contributed by atoms with van der Waals surface area (Å²) in [6, 6.07) is 15.4. The molecule has 0 radical (unpaired) electrons. The lowest BCUT2D eigenvalue weighted by atomic mass is 10.2. The zero-order valence-electron chi connectivity index (χ0n) is 17.6. The van der Waals surface area contributed by atoms with Gasteiger partial charge in [0.25, 0.3) is 0 Å². The van der Waals surface area contributed by atoms with Crippen LogP contribution >= 0.6 is 23.2 Å². The lowest BCUT2D eigenvalue weighted by Crippen LogP contribution is -2.30. The summed E-state index contributed by atoms with van der Waals surface area (Å²) in [7, 11) is 0. The largest absolute Gasteiger partial charge is 0.334 e. The minimum Gasteiger partial charge on any atom is -0.334 e. The highest BCUT2D eigenvalue weighted by Gasteiger charge is 2.12. The number of pyridine rings is 1. The van der Waals surface area contributed by atoms with Gasteiger partial charge < -0.3 is 21.3 Å². The Balaban J connectivity index is 1.59. The third kappa shape index (κ3) is 6.87. The Morgan fingerprint density at radius 3 is 1.59 bits per heavy atom. The van der Waals surface area contributed by atoms with E-state index >= 15 is 0 Å². The lowest BCUT2D eigenvalue weighted by Gasteiger charge is -2.14. The first kappa shape index (κ1) is 23.4. The number of amides is 4. The molecule has 166 valence electrons. The Kier molecular flexibility index (Phi) is 7.92. The van der Waals surface area contributed by atoms with E-state index in [1.807, 2.05) is 24.3 Å². The number of urea groups is 2. The van der Waals surface area contributed by atoms with Crippen LogP contribution in [0.5, 0.6) is 0 Å². The van der Waals surface area contributed by atoms with Crippen LogP contribution in [0.25, 0.3) is 0 Å². The molecule has 4 N–H and O–H groups in total. The first-order chi connectivity index (χ1) is 15.3. The summed E-state index contributed by atoms with van der Waals surface area (Å²) in [6.07, 6.45) is 0. The van der Waals surface area contributed by atoms with Gasteiger partial charge in [0.1, 0.15) is 0 Å². The molecule has 3 aromatic rings. The molecule has 4 amide bonds. The predicted molar refractivity (Wildman–Crippen MR) is 128 cm³/mol. The lowest BCUT2D eigenvalue weighted by molar-refractivity contribution is 0.251. The second-order valence-electron chi connectivity index (χ2n) is 7.13. The summed E-state index contributed by atoms with van der Waals surface area (Å²) >= 11 is 11.9. The molecule has 2 aromatic carbocycles. The summed E-state index contributed by atoms with van der Waals surface area (Å²) in [4.78, 5) is 29.1. The topological polar surface area (TPSA) is 95.2 Å². The number of nitrogens with zero attached hydrogens (tertiary/aromatic N) is 1. The summed E-state index contributed by atoms with van der Waals surface area (Å²) in [5.41, 5.74) is 4.00. The monoisotopic (exact) mass is 471 g/mol. The van der Waals surface area contributed by atoms with Crippen molar-refractivity contribution in [3.63, 3.8) is 0 Å². The van der Waals surface area contributed by atoms with Crippen molar-refractivity contribution < 1.29 is 9.59 Å². The molecule has 7 nitrogen and oxygen atoms in total. The minimum atomic E-state index is -0.393. The molecule has 0 bridgehead atoms. The van der Waals surface area contributed by atoms with E-state index in [2.05, 4.69) is 26.3 Å². The van der Waals surface area contributed by atoms with E-state index in [1.165, 1.54) is 0 Å². The molecular formula is C23H23Cl2N5O2. The van der Waals surface area contributed by atoms with Gasteiger partial charge in [0.2, 0.25) is 0 Å². The Bertz CT molecular complexity index is 1050. The van der Waals surface area contributed by atoms with Crippen LogP contribution in [-0.2, 0) is 13.1 Å². The molecular weight excluding hydrogens is 449 g/mol. The minimum absolute atomic E-state index is 0.321. The SMILES string of the molecule is Cc1nc(C)c(NC(=O)NCc2cccc(Cl)c2)cc1NC(=O)NCc1cccc(Cl)c1. The van der Waals surface area contributed by atoms with Crippen molar-refractivity contribution in [3.05, 3.63) is 87.2 Å². The molecule has 32 heavy (non-hydrogen) atoms. The van der Waals surface area contributed by atoms with E-state index in [4.69, 9.17) is 23.2 Å². The number of nitrogens with one attached hydrogen (secondary N) is 4. The Labute approximate surface area is 196 Å². The zero-order valence-corrected chi connectivity index (χ0v) is 19.1. The fourth-order valence-electron chi connectivity index (χ4n) is 2.97. The van der Waals surface area contributed by atoms with Crippen molar-refractivity contribution in [2.45, 2.75) is 26.9 Å². The molecule has 0 saturated carbocycles. The van der Waals surface area contributed by atoms with Crippen molar-refractivity contribution in [1.29, 1.82) is 0 Å². The van der Waals surface area contributed by atoms with Gasteiger partial charge in [0.05, 0.1) is 22.8 Å². The van der Waals surface area contributed by atoms with Crippen LogP contribution < -0.4 is 21.3 Å². The summed E-state index contributed by atoms with van der Waals surface area (Å²) in [5, 5.41) is 12.3. The van der Waals surface area contributed by atoms with Crippen molar-refractivity contribution in [3.8, 4) is 0 Å². The van der Waals surface area contributed by atoms with Crippen LogP contribution in [0.3, 0.4) is 0 Å². The summed E-state index contributed by atoms with van der Waals surface area (Å²) in [6.45, 7) is 4.20. The standard InChI is InChI=1S/C23H23Cl2N5O2/c1-14-20(29-22(31)26-12-16-5-3-7-18(24)9-16)11-21(15(2)28-14)30-23(32)27-13-17-6-4-8-19(25)10-17/h3-11H,12-13H2,1-2H3,(H2,26,29,31)(H2,27,30,32). The second-order valence-corrected chi connectivity index (χ2v) is 8.00. The molecule has 0 aliphatic heterocycles. The number of aryl methyl sites for hydroxylation is 2. The van der Waals surface area contributed by atoms with Gasteiger partial charge in [-0.3, -0.25) is 4.98 Å². The molecule has 0 unspecified atom stereocenters. The van der Waals surface area contributed by atoms with Gasteiger partial charge in [0.15, 0.2) is 0 Å². The highest BCUT2D eigenvalue weighted by molar-refractivity contribution is 6.30. The number of halogens is 2. The second kappa shape index (κ2) is 10.8. The number of benzene rings is 2. The van der Waals surface area contributed by atoms with Crippen molar-refractivity contribution >= 4 is 46.6 Å². The number of carbonyl (C=O) groups is 2. The van der Waals surface area contributed by atoms with Crippen LogP contribution in [-0.4, -0.2) is 17.0 Å². The maximum atomic E-state index is 12.3. The first-order valence-electron chi connectivity index (χ1n) is 9.87. The van der Waals surface area contributed by atoms with E-state index in [0.29, 0.717) is 45.9 Å². The van der Waals surface area contributed by atoms with Gasteiger partial charge in [-0.1, -0.05) is 47.5 Å². The predicted octanol–water partition coefficient (Wildman–Crippen LogP) is 5.65. The van der Waals surface area contributed by atoms with E-state index in [0.717, 1.165) is 11.1 Å². The average molecular weight is 472 g/mol. The van der Waals surface area contributed by atoms with E-state index in [9.17, 15) is 9.59 Å². The number of hydrogen-bond donors (Lipinski definition) is 4. The molecule has 1 heterocycles. The molecule has 0 fully saturated rings. The van der Waals surface area contributed by atoms with Crippen LogP contribution in [0.4, 0.5) is 21.0 Å². The van der Waals surface area contributed by atoms with Crippen LogP contribution in [0.15, 0.2) is 54.6 Å².